The Hall–Kier alpha value is -3.46. The van der Waals surface area contributed by atoms with Gasteiger partial charge < -0.3 is 18.8 Å². The Kier molecular flexibility index (Phi) is 5.16. The third-order valence-corrected chi connectivity index (χ3v) is 4.67. The van der Waals surface area contributed by atoms with Gasteiger partial charge in [-0.25, -0.2) is 0 Å². The van der Waals surface area contributed by atoms with Crippen LogP contribution in [0, 0.1) is 11.3 Å². The molecule has 6 nitrogen and oxygen atoms in total. The molecule has 28 heavy (non-hydrogen) atoms. The smallest absolute Gasteiger partial charge is 0.236 e. The van der Waals surface area contributed by atoms with Crippen molar-refractivity contribution in [2.24, 2.45) is 0 Å². The number of hydrogen-bond acceptors (Lipinski definition) is 6. The number of ether oxygens (including phenoxy) is 2. The van der Waals surface area contributed by atoms with Crippen LogP contribution in [0.2, 0.25) is 0 Å². The molecule has 0 unspecified atom stereocenters. The van der Waals surface area contributed by atoms with E-state index in [2.05, 4.69) is 34.2 Å². The quantitative estimate of drug-likeness (QED) is 0.646. The number of anilines is 1. The number of fused-ring (bicyclic) bond motifs is 1. The average Bonchev–Trinajstić information content (AvgIpc) is 3.16. The van der Waals surface area contributed by atoms with E-state index >= 15 is 0 Å². The van der Waals surface area contributed by atoms with Crippen molar-refractivity contribution in [2.75, 3.05) is 18.1 Å². The van der Waals surface area contributed by atoms with E-state index in [1.165, 1.54) is 11.1 Å². The van der Waals surface area contributed by atoms with Crippen LogP contribution in [0.5, 0.6) is 11.5 Å². The summed E-state index contributed by atoms with van der Waals surface area (Å²) >= 11 is 0. The van der Waals surface area contributed by atoms with Gasteiger partial charge in [0, 0.05) is 13.1 Å². The van der Waals surface area contributed by atoms with Crippen molar-refractivity contribution in [3.8, 4) is 17.6 Å². The Labute approximate surface area is 163 Å². The van der Waals surface area contributed by atoms with E-state index in [0.717, 1.165) is 18.7 Å². The number of hydrogen-bond donors (Lipinski definition) is 0. The molecule has 1 aromatic heterocycles. The normalized spacial score (nSPS) is 12.9. The molecule has 0 amide bonds. The Balaban J connectivity index is 1.45. The summed E-state index contributed by atoms with van der Waals surface area (Å²) in [6.07, 6.45) is 0.916. The SMILES string of the molecule is CCOc1ccc(OCc2nc(C#N)c(N3CCc4ccccc4C3)o2)cc1. The van der Waals surface area contributed by atoms with E-state index in [1.54, 1.807) is 0 Å². The maximum absolute atomic E-state index is 9.47. The van der Waals surface area contributed by atoms with E-state index in [0.29, 0.717) is 36.4 Å². The number of aromatic nitrogens is 1. The Morgan fingerprint density at radius 2 is 1.79 bits per heavy atom. The summed E-state index contributed by atoms with van der Waals surface area (Å²) < 4.78 is 17.1. The minimum Gasteiger partial charge on any atom is -0.494 e. The summed E-state index contributed by atoms with van der Waals surface area (Å²) in [6, 6.07) is 17.9. The second-order valence-corrected chi connectivity index (χ2v) is 6.51. The average molecular weight is 375 g/mol. The molecule has 0 atom stereocenters. The van der Waals surface area contributed by atoms with Crippen molar-refractivity contribution in [2.45, 2.75) is 26.5 Å². The van der Waals surface area contributed by atoms with Crippen LogP contribution >= 0.6 is 0 Å². The van der Waals surface area contributed by atoms with Gasteiger partial charge in [-0.3, -0.25) is 0 Å². The molecule has 0 radical (unpaired) electrons. The van der Waals surface area contributed by atoms with Crippen LogP contribution in [-0.2, 0) is 19.6 Å². The van der Waals surface area contributed by atoms with Gasteiger partial charge >= 0.3 is 0 Å². The molecule has 0 saturated heterocycles. The van der Waals surface area contributed by atoms with E-state index < -0.39 is 0 Å². The first-order valence-corrected chi connectivity index (χ1v) is 9.34. The van der Waals surface area contributed by atoms with E-state index in [-0.39, 0.29) is 6.61 Å². The lowest BCUT2D eigenvalue weighted by Gasteiger charge is -2.28. The number of benzene rings is 2. The van der Waals surface area contributed by atoms with Crippen molar-refractivity contribution in [3.63, 3.8) is 0 Å². The van der Waals surface area contributed by atoms with Gasteiger partial charge in [0.25, 0.3) is 0 Å². The predicted octanol–water partition coefficient (Wildman–Crippen LogP) is 4.09. The van der Waals surface area contributed by atoms with Crippen LogP contribution in [-0.4, -0.2) is 18.1 Å². The molecule has 0 aliphatic carbocycles. The number of rotatable bonds is 6. The van der Waals surface area contributed by atoms with Gasteiger partial charge in [-0.15, -0.1) is 0 Å². The molecule has 0 saturated carbocycles. The summed E-state index contributed by atoms with van der Waals surface area (Å²) in [5.41, 5.74) is 2.89. The van der Waals surface area contributed by atoms with Crippen LogP contribution < -0.4 is 14.4 Å². The summed E-state index contributed by atoms with van der Waals surface area (Å²) in [7, 11) is 0. The monoisotopic (exact) mass is 375 g/mol. The molecule has 2 heterocycles. The van der Waals surface area contributed by atoms with Crippen LogP contribution in [0.25, 0.3) is 0 Å². The summed E-state index contributed by atoms with van der Waals surface area (Å²) in [6.45, 7) is 4.22. The highest BCUT2D eigenvalue weighted by molar-refractivity contribution is 5.50. The standard InChI is InChI=1S/C22H21N3O3/c1-2-26-18-7-9-19(10-8-18)27-15-21-24-20(13-23)22(28-21)25-12-11-16-5-3-4-6-17(16)14-25/h3-10H,2,11-12,14-15H2,1H3. The molecule has 0 spiro atoms. The van der Waals surface area contributed by atoms with E-state index in [1.807, 2.05) is 37.3 Å². The van der Waals surface area contributed by atoms with Crippen molar-refractivity contribution in [1.82, 2.24) is 4.98 Å². The maximum atomic E-state index is 9.47. The second-order valence-electron chi connectivity index (χ2n) is 6.51. The van der Waals surface area contributed by atoms with Gasteiger partial charge in [0.2, 0.25) is 17.5 Å². The first-order chi connectivity index (χ1) is 13.8. The minimum atomic E-state index is 0.160. The molecule has 0 N–H and O–H groups in total. The first-order valence-electron chi connectivity index (χ1n) is 9.34. The molecule has 6 heteroatoms. The first kappa shape index (κ1) is 17.9. The zero-order valence-electron chi connectivity index (χ0n) is 15.7. The zero-order valence-corrected chi connectivity index (χ0v) is 15.7. The molecule has 2 aromatic carbocycles. The maximum Gasteiger partial charge on any atom is 0.236 e. The molecule has 4 rings (SSSR count). The zero-order chi connectivity index (χ0) is 19.3. The minimum absolute atomic E-state index is 0.160. The van der Waals surface area contributed by atoms with Gasteiger partial charge in [0.1, 0.15) is 17.6 Å². The number of nitriles is 1. The van der Waals surface area contributed by atoms with Crippen molar-refractivity contribution >= 4 is 5.88 Å². The summed E-state index contributed by atoms with van der Waals surface area (Å²) in [4.78, 5) is 6.37. The molecule has 0 fully saturated rings. The summed E-state index contributed by atoms with van der Waals surface area (Å²) in [5, 5.41) is 9.47. The molecule has 142 valence electrons. The van der Waals surface area contributed by atoms with Crippen molar-refractivity contribution < 1.29 is 13.9 Å². The molecular weight excluding hydrogens is 354 g/mol. The molecule has 1 aliphatic rings. The fraction of sp³-hybridized carbons (Fsp3) is 0.273. The predicted molar refractivity (Wildman–Crippen MR) is 104 cm³/mol. The van der Waals surface area contributed by atoms with Crippen LogP contribution in [0.4, 0.5) is 5.88 Å². The second kappa shape index (κ2) is 8.05. The Morgan fingerprint density at radius 3 is 2.50 bits per heavy atom. The Bertz CT molecular complexity index is 989. The highest BCUT2D eigenvalue weighted by atomic mass is 16.5. The van der Waals surface area contributed by atoms with Crippen LogP contribution in [0.1, 0.15) is 29.6 Å². The fourth-order valence-electron chi connectivity index (χ4n) is 3.32. The van der Waals surface area contributed by atoms with Gasteiger partial charge in [-0.1, -0.05) is 24.3 Å². The summed E-state index contributed by atoms with van der Waals surface area (Å²) in [5.74, 6) is 2.39. The third-order valence-electron chi connectivity index (χ3n) is 4.67. The molecule has 0 bridgehead atoms. The third kappa shape index (κ3) is 3.79. The van der Waals surface area contributed by atoms with E-state index in [4.69, 9.17) is 13.9 Å². The lowest BCUT2D eigenvalue weighted by Crippen LogP contribution is -2.30. The lowest BCUT2D eigenvalue weighted by atomic mass is 10.00. The van der Waals surface area contributed by atoms with Gasteiger partial charge in [0.05, 0.1) is 6.61 Å². The largest absolute Gasteiger partial charge is 0.494 e. The highest BCUT2D eigenvalue weighted by Gasteiger charge is 2.23. The molecular formula is C22H21N3O3. The van der Waals surface area contributed by atoms with Gasteiger partial charge in [0.15, 0.2) is 6.61 Å². The number of nitrogens with zero attached hydrogens (tertiary/aromatic N) is 3. The lowest BCUT2D eigenvalue weighted by molar-refractivity contribution is 0.262. The van der Waals surface area contributed by atoms with Gasteiger partial charge in [-0.2, -0.15) is 10.2 Å². The number of oxazole rings is 1. The van der Waals surface area contributed by atoms with E-state index in [9.17, 15) is 5.26 Å². The fourth-order valence-corrected chi connectivity index (χ4v) is 3.32. The molecule has 3 aromatic rings. The van der Waals surface area contributed by atoms with Crippen LogP contribution in [0.15, 0.2) is 52.9 Å². The Morgan fingerprint density at radius 1 is 1.07 bits per heavy atom. The molecule has 1 aliphatic heterocycles. The topological polar surface area (TPSA) is 71.5 Å². The highest BCUT2D eigenvalue weighted by Crippen LogP contribution is 2.28. The van der Waals surface area contributed by atoms with Crippen LogP contribution in [0.3, 0.4) is 0 Å². The van der Waals surface area contributed by atoms with Crippen molar-refractivity contribution in [1.29, 1.82) is 5.26 Å². The van der Waals surface area contributed by atoms with Gasteiger partial charge in [-0.05, 0) is 48.7 Å². The van der Waals surface area contributed by atoms with Crippen molar-refractivity contribution in [3.05, 3.63) is 71.2 Å².